The molecule has 1 aliphatic rings. The lowest BCUT2D eigenvalue weighted by Crippen LogP contribution is -2.29. The topological polar surface area (TPSA) is 77.8 Å². The second-order valence-electron chi connectivity index (χ2n) is 4.03. The molecular formula is C12H14N4O. The van der Waals surface area contributed by atoms with E-state index in [9.17, 15) is 4.79 Å². The van der Waals surface area contributed by atoms with Gasteiger partial charge in [-0.05, 0) is 18.9 Å². The van der Waals surface area contributed by atoms with Gasteiger partial charge in [-0.2, -0.15) is 5.26 Å². The van der Waals surface area contributed by atoms with Crippen molar-refractivity contribution in [2.24, 2.45) is 5.92 Å². The SMILES string of the molecule is N#Cc1ccncc1NCCNC(=O)C1CC1. The molecule has 1 aliphatic carbocycles. The van der Waals surface area contributed by atoms with Crippen molar-refractivity contribution in [2.45, 2.75) is 12.8 Å². The average Bonchev–Trinajstić information content (AvgIpc) is 3.19. The summed E-state index contributed by atoms with van der Waals surface area (Å²) in [5.41, 5.74) is 1.27. The van der Waals surface area contributed by atoms with Crippen LogP contribution in [0.5, 0.6) is 0 Å². The van der Waals surface area contributed by atoms with Gasteiger partial charge in [-0.1, -0.05) is 0 Å². The zero-order chi connectivity index (χ0) is 12.1. The van der Waals surface area contributed by atoms with Crippen LogP contribution in [-0.4, -0.2) is 24.0 Å². The predicted octanol–water partition coefficient (Wildman–Crippen LogP) is 0.891. The van der Waals surface area contributed by atoms with Crippen LogP contribution < -0.4 is 10.6 Å². The maximum absolute atomic E-state index is 11.3. The minimum absolute atomic E-state index is 0.137. The standard InChI is InChI=1S/C12H14N4O/c13-7-10-3-4-14-8-11(10)15-5-6-16-12(17)9-1-2-9/h3-4,8-9,15H,1-2,5-6H2,(H,16,17). The van der Waals surface area contributed by atoms with E-state index >= 15 is 0 Å². The summed E-state index contributed by atoms with van der Waals surface area (Å²) in [6, 6.07) is 3.74. The number of carbonyl (C=O) groups excluding carboxylic acids is 1. The van der Waals surface area contributed by atoms with Crippen molar-refractivity contribution in [3.8, 4) is 6.07 Å². The molecule has 0 bridgehead atoms. The van der Waals surface area contributed by atoms with Gasteiger partial charge in [0.2, 0.25) is 5.91 Å². The molecule has 0 saturated heterocycles. The number of hydrogen-bond donors (Lipinski definition) is 2. The second-order valence-corrected chi connectivity index (χ2v) is 4.03. The molecule has 1 heterocycles. The van der Waals surface area contributed by atoms with E-state index in [4.69, 9.17) is 5.26 Å². The number of pyridine rings is 1. The molecule has 17 heavy (non-hydrogen) atoms. The molecule has 0 spiro atoms. The molecule has 5 heteroatoms. The molecule has 1 saturated carbocycles. The van der Waals surface area contributed by atoms with Crippen molar-refractivity contribution in [2.75, 3.05) is 18.4 Å². The highest BCUT2D eigenvalue weighted by Gasteiger charge is 2.28. The van der Waals surface area contributed by atoms with Crippen LogP contribution in [-0.2, 0) is 4.79 Å². The highest BCUT2D eigenvalue weighted by atomic mass is 16.2. The molecule has 0 aliphatic heterocycles. The number of aromatic nitrogens is 1. The van der Waals surface area contributed by atoms with Gasteiger partial charge in [0.1, 0.15) is 6.07 Å². The fourth-order valence-corrected chi connectivity index (χ4v) is 1.51. The van der Waals surface area contributed by atoms with E-state index in [1.165, 1.54) is 0 Å². The number of rotatable bonds is 5. The number of carbonyl (C=O) groups is 1. The first-order valence-electron chi connectivity index (χ1n) is 5.67. The Balaban J connectivity index is 1.74. The highest BCUT2D eigenvalue weighted by molar-refractivity contribution is 5.80. The van der Waals surface area contributed by atoms with Crippen molar-refractivity contribution in [1.82, 2.24) is 10.3 Å². The predicted molar refractivity (Wildman–Crippen MR) is 63.2 cm³/mol. The Hall–Kier alpha value is -2.09. The van der Waals surface area contributed by atoms with Gasteiger partial charge in [0.05, 0.1) is 17.4 Å². The van der Waals surface area contributed by atoms with Crippen LogP contribution >= 0.6 is 0 Å². The molecule has 5 nitrogen and oxygen atoms in total. The van der Waals surface area contributed by atoms with Gasteiger partial charge in [-0.25, -0.2) is 0 Å². The third kappa shape index (κ3) is 3.18. The quantitative estimate of drug-likeness (QED) is 0.736. The molecule has 0 atom stereocenters. The van der Waals surface area contributed by atoms with E-state index in [2.05, 4.69) is 21.7 Å². The van der Waals surface area contributed by atoms with Gasteiger partial charge in [-0.3, -0.25) is 9.78 Å². The molecular weight excluding hydrogens is 216 g/mol. The lowest BCUT2D eigenvalue weighted by Gasteiger charge is -2.08. The fourth-order valence-electron chi connectivity index (χ4n) is 1.51. The molecule has 1 aromatic rings. The Morgan fingerprint density at radius 2 is 2.35 bits per heavy atom. The van der Waals surface area contributed by atoms with Crippen molar-refractivity contribution >= 4 is 11.6 Å². The van der Waals surface area contributed by atoms with Gasteiger partial charge in [0, 0.05) is 25.2 Å². The zero-order valence-corrected chi connectivity index (χ0v) is 9.44. The summed E-state index contributed by atoms with van der Waals surface area (Å²) in [5.74, 6) is 0.376. The summed E-state index contributed by atoms with van der Waals surface area (Å²) in [5, 5.41) is 14.8. The summed E-state index contributed by atoms with van der Waals surface area (Å²) in [6.45, 7) is 1.16. The number of anilines is 1. The van der Waals surface area contributed by atoms with Gasteiger partial charge in [0.15, 0.2) is 0 Å². The van der Waals surface area contributed by atoms with Crippen LogP contribution in [0.1, 0.15) is 18.4 Å². The van der Waals surface area contributed by atoms with Crippen molar-refractivity contribution < 1.29 is 4.79 Å². The lowest BCUT2D eigenvalue weighted by molar-refractivity contribution is -0.122. The van der Waals surface area contributed by atoms with Gasteiger partial charge >= 0.3 is 0 Å². The number of hydrogen-bond acceptors (Lipinski definition) is 4. The van der Waals surface area contributed by atoms with E-state index in [-0.39, 0.29) is 11.8 Å². The first kappa shape index (κ1) is 11.4. The summed E-state index contributed by atoms with van der Waals surface area (Å²) in [6.07, 6.45) is 5.22. The third-order valence-electron chi connectivity index (χ3n) is 2.63. The summed E-state index contributed by atoms with van der Waals surface area (Å²) >= 11 is 0. The zero-order valence-electron chi connectivity index (χ0n) is 9.44. The molecule has 1 amide bonds. The smallest absolute Gasteiger partial charge is 0.223 e. The number of nitrogens with zero attached hydrogens (tertiary/aromatic N) is 2. The molecule has 1 aromatic heterocycles. The molecule has 0 radical (unpaired) electrons. The minimum Gasteiger partial charge on any atom is -0.381 e. The number of nitriles is 1. The molecule has 0 unspecified atom stereocenters. The van der Waals surface area contributed by atoms with E-state index in [1.807, 2.05) is 0 Å². The third-order valence-corrected chi connectivity index (χ3v) is 2.63. The molecule has 88 valence electrons. The Kier molecular flexibility index (Phi) is 3.55. The monoisotopic (exact) mass is 230 g/mol. The second kappa shape index (κ2) is 5.30. The van der Waals surface area contributed by atoms with E-state index in [0.29, 0.717) is 24.3 Å². The van der Waals surface area contributed by atoms with E-state index in [0.717, 1.165) is 12.8 Å². The van der Waals surface area contributed by atoms with Gasteiger partial charge in [0.25, 0.3) is 0 Å². The van der Waals surface area contributed by atoms with Crippen LogP contribution in [0, 0.1) is 17.2 Å². The van der Waals surface area contributed by atoms with Crippen LogP contribution in [0.2, 0.25) is 0 Å². The minimum atomic E-state index is 0.137. The Morgan fingerprint density at radius 3 is 3.06 bits per heavy atom. The maximum atomic E-state index is 11.3. The fraction of sp³-hybridized carbons (Fsp3) is 0.417. The molecule has 2 rings (SSSR count). The van der Waals surface area contributed by atoms with Gasteiger partial charge in [-0.15, -0.1) is 0 Å². The van der Waals surface area contributed by atoms with Crippen LogP contribution in [0.15, 0.2) is 18.5 Å². The van der Waals surface area contributed by atoms with Crippen LogP contribution in [0.3, 0.4) is 0 Å². The van der Waals surface area contributed by atoms with E-state index < -0.39 is 0 Å². The Labute approximate surface area is 99.9 Å². The molecule has 2 N–H and O–H groups in total. The maximum Gasteiger partial charge on any atom is 0.223 e. The lowest BCUT2D eigenvalue weighted by atomic mass is 10.2. The van der Waals surface area contributed by atoms with E-state index in [1.54, 1.807) is 18.5 Å². The first-order chi connectivity index (χ1) is 8.31. The molecule has 1 fully saturated rings. The normalized spacial score (nSPS) is 13.8. The van der Waals surface area contributed by atoms with Crippen LogP contribution in [0.4, 0.5) is 5.69 Å². The van der Waals surface area contributed by atoms with Crippen molar-refractivity contribution in [1.29, 1.82) is 5.26 Å². The van der Waals surface area contributed by atoms with Gasteiger partial charge < -0.3 is 10.6 Å². The van der Waals surface area contributed by atoms with Crippen molar-refractivity contribution in [3.63, 3.8) is 0 Å². The van der Waals surface area contributed by atoms with Crippen molar-refractivity contribution in [3.05, 3.63) is 24.0 Å². The molecule has 0 aromatic carbocycles. The Bertz CT molecular complexity index is 448. The average molecular weight is 230 g/mol. The Morgan fingerprint density at radius 1 is 1.53 bits per heavy atom. The number of amides is 1. The summed E-state index contributed by atoms with van der Waals surface area (Å²) in [7, 11) is 0. The largest absolute Gasteiger partial charge is 0.381 e. The summed E-state index contributed by atoms with van der Waals surface area (Å²) in [4.78, 5) is 15.3. The summed E-state index contributed by atoms with van der Waals surface area (Å²) < 4.78 is 0. The van der Waals surface area contributed by atoms with Crippen LogP contribution in [0.25, 0.3) is 0 Å². The highest BCUT2D eigenvalue weighted by Crippen LogP contribution is 2.28. The number of nitrogens with one attached hydrogen (secondary N) is 2. The first-order valence-corrected chi connectivity index (χ1v) is 5.67.